The van der Waals surface area contributed by atoms with E-state index >= 15 is 0 Å². The Morgan fingerprint density at radius 2 is 1.67 bits per heavy atom. The molecule has 1 N–H and O–H groups in total. The fraction of sp³-hybridized carbons (Fsp3) is 0.484. The first-order chi connectivity index (χ1) is 19.1. The quantitative estimate of drug-likeness (QED) is 0.523. The number of anilines is 2. The first-order valence-corrected chi connectivity index (χ1v) is 14.4. The number of ketones is 1. The number of rotatable bonds is 2. The van der Waals surface area contributed by atoms with Crippen LogP contribution in [0.15, 0.2) is 55.0 Å². The summed E-state index contributed by atoms with van der Waals surface area (Å²) in [5, 5.41) is 3.48. The van der Waals surface area contributed by atoms with Gasteiger partial charge in [0.2, 0.25) is 0 Å². The van der Waals surface area contributed by atoms with Gasteiger partial charge in [0.1, 0.15) is 17.4 Å². The van der Waals surface area contributed by atoms with Gasteiger partial charge in [-0.25, -0.2) is 15.0 Å². The van der Waals surface area contributed by atoms with Crippen LogP contribution in [0.2, 0.25) is 0 Å². The topological polar surface area (TPSA) is 77.5 Å². The number of benzene rings is 1. The van der Waals surface area contributed by atoms with E-state index in [1.165, 1.54) is 18.4 Å². The second kappa shape index (κ2) is 11.9. The van der Waals surface area contributed by atoms with Crippen molar-refractivity contribution in [2.24, 2.45) is 5.92 Å². The van der Waals surface area contributed by atoms with Crippen molar-refractivity contribution in [2.75, 3.05) is 51.1 Å². The number of pyridine rings is 1. The van der Waals surface area contributed by atoms with E-state index in [1.807, 2.05) is 24.7 Å². The summed E-state index contributed by atoms with van der Waals surface area (Å²) in [6.07, 6.45) is 9.80. The van der Waals surface area contributed by atoms with Gasteiger partial charge in [-0.2, -0.15) is 0 Å². The monoisotopic (exact) mass is 525 g/mol. The van der Waals surface area contributed by atoms with Gasteiger partial charge in [0.25, 0.3) is 0 Å². The minimum Gasteiger partial charge on any atom is -0.340 e. The van der Waals surface area contributed by atoms with Crippen LogP contribution in [0, 0.1) is 5.92 Å². The van der Waals surface area contributed by atoms with E-state index < -0.39 is 0 Å². The van der Waals surface area contributed by atoms with Gasteiger partial charge in [-0.3, -0.25) is 19.5 Å². The van der Waals surface area contributed by atoms with Crippen molar-refractivity contribution in [3.05, 3.63) is 66.4 Å². The average molecular weight is 526 g/mol. The zero-order valence-corrected chi connectivity index (χ0v) is 22.9. The fourth-order valence-corrected chi connectivity index (χ4v) is 5.69. The Balaban J connectivity index is 1.25. The maximum Gasteiger partial charge on any atom is 0.146 e. The minimum atomic E-state index is 0.117. The zero-order valence-electron chi connectivity index (χ0n) is 22.9. The Morgan fingerprint density at radius 1 is 0.897 bits per heavy atom. The predicted octanol–water partition coefficient (Wildman–Crippen LogP) is 4.54. The fourth-order valence-electron chi connectivity index (χ4n) is 5.69. The highest BCUT2D eigenvalue weighted by atomic mass is 16.1. The highest BCUT2D eigenvalue weighted by Crippen LogP contribution is 2.32. The Bertz CT molecular complexity index is 1270. The summed E-state index contributed by atoms with van der Waals surface area (Å²) in [4.78, 5) is 34.3. The molecule has 1 aliphatic carbocycles. The van der Waals surface area contributed by atoms with Crippen LogP contribution < -0.4 is 5.32 Å². The average Bonchev–Trinajstić information content (AvgIpc) is 3.77. The molecule has 39 heavy (non-hydrogen) atoms. The molecule has 0 amide bonds. The molecular formula is C31H39N7O. The number of aromatic nitrogens is 3. The highest BCUT2D eigenvalue weighted by molar-refractivity contribution is 5.80. The third kappa shape index (κ3) is 6.87. The van der Waals surface area contributed by atoms with Crippen LogP contribution in [0.4, 0.5) is 11.5 Å². The molecule has 1 saturated heterocycles. The molecular weight excluding hydrogens is 486 g/mol. The second-order valence-corrected chi connectivity index (χ2v) is 11.4. The second-order valence-electron chi connectivity index (χ2n) is 11.4. The van der Waals surface area contributed by atoms with Gasteiger partial charge in [-0.05, 0) is 74.0 Å². The lowest BCUT2D eigenvalue weighted by Gasteiger charge is -2.34. The van der Waals surface area contributed by atoms with Crippen molar-refractivity contribution in [3.8, 4) is 11.1 Å². The van der Waals surface area contributed by atoms with Crippen LogP contribution in [-0.4, -0.2) is 81.2 Å². The Morgan fingerprint density at radius 3 is 2.44 bits per heavy atom. The highest BCUT2D eigenvalue weighted by Gasteiger charge is 2.28. The van der Waals surface area contributed by atoms with Crippen LogP contribution in [0.5, 0.6) is 0 Å². The molecule has 3 aromatic rings. The maximum atomic E-state index is 12.9. The van der Waals surface area contributed by atoms with Crippen molar-refractivity contribution < 1.29 is 4.79 Å². The molecule has 5 aliphatic heterocycles. The number of nitrogens with one attached hydrogen (secondary N) is 1. The Hall–Kier alpha value is -3.20. The largest absolute Gasteiger partial charge is 0.340 e. The van der Waals surface area contributed by atoms with Crippen LogP contribution in [0.25, 0.3) is 11.1 Å². The number of hydrogen-bond acceptors (Lipinski definition) is 8. The molecule has 1 unspecified atom stereocenters. The smallest absolute Gasteiger partial charge is 0.146 e. The first-order valence-electron chi connectivity index (χ1n) is 14.4. The molecule has 1 atom stereocenters. The molecule has 1 aromatic carbocycles. The van der Waals surface area contributed by atoms with E-state index in [-0.39, 0.29) is 6.04 Å². The Labute approximate surface area is 231 Å². The lowest BCUT2D eigenvalue weighted by atomic mass is 10.1. The third-order valence-electron chi connectivity index (χ3n) is 8.25. The van der Waals surface area contributed by atoms with Crippen molar-refractivity contribution in [1.82, 2.24) is 29.7 Å². The zero-order chi connectivity index (χ0) is 26.6. The van der Waals surface area contributed by atoms with Gasteiger partial charge in [-0.15, -0.1) is 0 Å². The minimum absolute atomic E-state index is 0.117. The molecule has 8 nitrogen and oxygen atoms in total. The molecule has 7 heterocycles. The summed E-state index contributed by atoms with van der Waals surface area (Å²) in [7, 11) is 0. The normalized spacial score (nSPS) is 24.8. The van der Waals surface area contributed by atoms with E-state index in [4.69, 9.17) is 9.97 Å². The van der Waals surface area contributed by atoms with Crippen LogP contribution in [0.1, 0.15) is 50.0 Å². The lowest BCUT2D eigenvalue weighted by molar-refractivity contribution is -0.120. The molecule has 9 rings (SSSR count). The summed E-state index contributed by atoms with van der Waals surface area (Å²) >= 11 is 0. The maximum absolute atomic E-state index is 12.9. The molecule has 0 spiro atoms. The molecule has 8 heteroatoms. The van der Waals surface area contributed by atoms with Crippen LogP contribution in [0.3, 0.4) is 0 Å². The molecule has 6 aliphatic rings. The summed E-state index contributed by atoms with van der Waals surface area (Å²) in [5.74, 6) is 2.76. The SMILES string of the molecule is CC1c2ncc(cn2)-c2ccnc(c2)Nc2cccc(c2)CN2CCN(CC2)CC(=O)CCCN1CC1CC1. The van der Waals surface area contributed by atoms with Gasteiger partial charge in [0.15, 0.2) is 0 Å². The van der Waals surface area contributed by atoms with Gasteiger partial charge in [0, 0.05) is 75.5 Å². The number of Topliss-reactive ketones (excluding diaryl/α,β-unsaturated/α-hetero) is 1. The van der Waals surface area contributed by atoms with E-state index in [1.54, 1.807) is 0 Å². The number of nitrogens with zero attached hydrogens (tertiary/aromatic N) is 6. The van der Waals surface area contributed by atoms with E-state index in [0.717, 1.165) is 86.6 Å². The van der Waals surface area contributed by atoms with Gasteiger partial charge < -0.3 is 5.32 Å². The molecule has 1 saturated carbocycles. The van der Waals surface area contributed by atoms with Gasteiger partial charge >= 0.3 is 0 Å². The molecule has 2 aromatic heterocycles. The lowest BCUT2D eigenvalue weighted by Crippen LogP contribution is -2.47. The summed E-state index contributed by atoms with van der Waals surface area (Å²) in [6.45, 7) is 9.49. The predicted molar refractivity (Wildman–Crippen MR) is 154 cm³/mol. The standard InChI is InChI=1S/C31H39N7O/c1-23-31-33-18-27(19-34-31)26-9-10-32-30(17-26)35-28-5-2-4-25(16-28)20-36-12-14-37(15-13-36)22-29(39)6-3-11-38(23)21-24-7-8-24/h2,4-5,9-10,16-19,23-24H,3,6-8,11-15,20-22H2,1H3,(H,32,35). The molecule has 2 fully saturated rings. The van der Waals surface area contributed by atoms with E-state index in [2.05, 4.69) is 62.3 Å². The van der Waals surface area contributed by atoms with E-state index in [0.29, 0.717) is 18.7 Å². The number of carbonyl (C=O) groups is 1. The van der Waals surface area contributed by atoms with E-state index in [9.17, 15) is 4.79 Å². The molecule has 0 radical (unpaired) electrons. The number of carbonyl (C=O) groups excluding carboxylic acids is 1. The molecule has 204 valence electrons. The van der Waals surface area contributed by atoms with Crippen LogP contribution in [-0.2, 0) is 11.3 Å². The summed E-state index contributed by atoms with van der Waals surface area (Å²) < 4.78 is 0. The van der Waals surface area contributed by atoms with Crippen LogP contribution >= 0.6 is 0 Å². The third-order valence-corrected chi connectivity index (χ3v) is 8.25. The van der Waals surface area contributed by atoms with Crippen molar-refractivity contribution in [2.45, 2.75) is 45.2 Å². The number of hydrogen-bond donors (Lipinski definition) is 1. The van der Waals surface area contributed by atoms with Crippen molar-refractivity contribution in [3.63, 3.8) is 0 Å². The Kier molecular flexibility index (Phi) is 7.95. The summed E-state index contributed by atoms with van der Waals surface area (Å²) in [6, 6.07) is 12.7. The number of piperazine rings is 1. The van der Waals surface area contributed by atoms with Gasteiger partial charge in [0.05, 0.1) is 12.6 Å². The van der Waals surface area contributed by atoms with Crippen molar-refractivity contribution >= 4 is 17.3 Å². The van der Waals surface area contributed by atoms with Crippen molar-refractivity contribution in [1.29, 1.82) is 0 Å². The molecule has 8 bridgehead atoms. The van der Waals surface area contributed by atoms with Gasteiger partial charge in [-0.1, -0.05) is 12.1 Å². The first kappa shape index (κ1) is 26.0. The summed E-state index contributed by atoms with van der Waals surface area (Å²) in [5.41, 5.74) is 4.30.